The van der Waals surface area contributed by atoms with Crippen molar-refractivity contribution in [2.24, 2.45) is 12.8 Å². The van der Waals surface area contributed by atoms with Gasteiger partial charge in [-0.15, -0.1) is 5.10 Å². The molecule has 1 aromatic rings. The SMILES string of the molecule is COc1nn(C)cc1C(C)(C)N. The Balaban J connectivity index is 3.13. The second-order valence-electron chi connectivity index (χ2n) is 3.45. The van der Waals surface area contributed by atoms with Crippen molar-refractivity contribution in [1.82, 2.24) is 9.78 Å². The Morgan fingerprint density at radius 1 is 1.58 bits per heavy atom. The van der Waals surface area contributed by atoms with Crippen LogP contribution < -0.4 is 10.5 Å². The first kappa shape index (κ1) is 9.06. The lowest BCUT2D eigenvalue weighted by molar-refractivity contribution is 0.377. The van der Waals surface area contributed by atoms with Crippen LogP contribution in [0.2, 0.25) is 0 Å². The number of ether oxygens (including phenoxy) is 1. The van der Waals surface area contributed by atoms with Gasteiger partial charge < -0.3 is 10.5 Å². The first-order valence-corrected chi connectivity index (χ1v) is 3.82. The van der Waals surface area contributed by atoms with Gasteiger partial charge in [-0.05, 0) is 13.8 Å². The van der Waals surface area contributed by atoms with Gasteiger partial charge in [0, 0.05) is 18.8 Å². The lowest BCUT2D eigenvalue weighted by Crippen LogP contribution is -2.28. The standard InChI is InChI=1S/C8H15N3O/c1-8(2,9)6-5-11(3)10-7(6)12-4/h5H,9H2,1-4H3. The normalized spacial score (nSPS) is 11.8. The summed E-state index contributed by atoms with van der Waals surface area (Å²) in [4.78, 5) is 0. The van der Waals surface area contributed by atoms with Crippen LogP contribution in [0.4, 0.5) is 0 Å². The van der Waals surface area contributed by atoms with Crippen molar-refractivity contribution in [1.29, 1.82) is 0 Å². The molecule has 68 valence electrons. The summed E-state index contributed by atoms with van der Waals surface area (Å²) in [6, 6.07) is 0. The summed E-state index contributed by atoms with van der Waals surface area (Å²) in [6.07, 6.45) is 1.87. The van der Waals surface area contributed by atoms with E-state index in [1.165, 1.54) is 0 Å². The van der Waals surface area contributed by atoms with Crippen LogP contribution in [0.1, 0.15) is 19.4 Å². The van der Waals surface area contributed by atoms with Crippen LogP contribution in [0.5, 0.6) is 5.88 Å². The highest BCUT2D eigenvalue weighted by Crippen LogP contribution is 2.25. The van der Waals surface area contributed by atoms with Crippen LogP contribution in [-0.2, 0) is 12.6 Å². The van der Waals surface area contributed by atoms with Gasteiger partial charge in [0.05, 0.1) is 12.7 Å². The second-order valence-corrected chi connectivity index (χ2v) is 3.45. The van der Waals surface area contributed by atoms with Gasteiger partial charge in [-0.1, -0.05) is 0 Å². The van der Waals surface area contributed by atoms with Crippen molar-refractivity contribution in [3.63, 3.8) is 0 Å². The van der Waals surface area contributed by atoms with Gasteiger partial charge in [0.1, 0.15) is 0 Å². The van der Waals surface area contributed by atoms with Gasteiger partial charge in [-0.25, -0.2) is 0 Å². The Kier molecular flexibility index (Phi) is 2.10. The molecule has 0 aliphatic heterocycles. The number of aromatic nitrogens is 2. The lowest BCUT2D eigenvalue weighted by Gasteiger charge is -2.16. The maximum absolute atomic E-state index is 5.91. The van der Waals surface area contributed by atoms with Crippen LogP contribution in [-0.4, -0.2) is 16.9 Å². The molecule has 0 aliphatic carbocycles. The molecular formula is C8H15N3O. The maximum atomic E-state index is 5.91. The quantitative estimate of drug-likeness (QED) is 0.706. The monoisotopic (exact) mass is 169 g/mol. The minimum atomic E-state index is -0.403. The third-order valence-corrected chi connectivity index (χ3v) is 1.68. The van der Waals surface area contributed by atoms with Crippen molar-refractivity contribution < 1.29 is 4.74 Å². The number of nitrogens with two attached hydrogens (primary N) is 1. The van der Waals surface area contributed by atoms with Crippen molar-refractivity contribution in [2.45, 2.75) is 19.4 Å². The Hall–Kier alpha value is -1.03. The minimum absolute atomic E-state index is 0.403. The van der Waals surface area contributed by atoms with Crippen LogP contribution >= 0.6 is 0 Å². The minimum Gasteiger partial charge on any atom is -0.480 e. The Morgan fingerprint density at radius 2 is 2.17 bits per heavy atom. The van der Waals surface area contributed by atoms with E-state index in [0.29, 0.717) is 5.88 Å². The van der Waals surface area contributed by atoms with Gasteiger partial charge in [0.2, 0.25) is 5.88 Å². The highest BCUT2D eigenvalue weighted by molar-refractivity contribution is 5.29. The molecule has 0 amide bonds. The molecule has 0 saturated heterocycles. The Bertz CT molecular complexity index is 272. The molecule has 0 unspecified atom stereocenters. The van der Waals surface area contributed by atoms with E-state index < -0.39 is 5.54 Å². The highest BCUT2D eigenvalue weighted by atomic mass is 16.5. The predicted octanol–water partition coefficient (Wildman–Crippen LogP) is 0.622. The smallest absolute Gasteiger partial charge is 0.237 e. The second kappa shape index (κ2) is 2.79. The molecule has 0 aromatic carbocycles. The molecule has 12 heavy (non-hydrogen) atoms. The zero-order valence-corrected chi connectivity index (χ0v) is 7.96. The summed E-state index contributed by atoms with van der Waals surface area (Å²) < 4.78 is 6.78. The fraction of sp³-hybridized carbons (Fsp3) is 0.625. The molecule has 0 fully saturated rings. The van der Waals surface area contributed by atoms with E-state index in [-0.39, 0.29) is 0 Å². The average molecular weight is 169 g/mol. The molecule has 0 spiro atoms. The third-order valence-electron chi connectivity index (χ3n) is 1.68. The van der Waals surface area contributed by atoms with Gasteiger partial charge >= 0.3 is 0 Å². The Morgan fingerprint density at radius 3 is 2.50 bits per heavy atom. The molecular weight excluding hydrogens is 154 g/mol. The summed E-state index contributed by atoms with van der Waals surface area (Å²) >= 11 is 0. The molecule has 2 N–H and O–H groups in total. The first-order chi connectivity index (χ1) is 5.45. The van der Waals surface area contributed by atoms with Crippen molar-refractivity contribution >= 4 is 0 Å². The molecule has 1 rings (SSSR count). The van der Waals surface area contributed by atoms with E-state index in [1.807, 2.05) is 27.1 Å². The highest BCUT2D eigenvalue weighted by Gasteiger charge is 2.21. The number of rotatable bonds is 2. The fourth-order valence-corrected chi connectivity index (χ4v) is 1.06. The van der Waals surface area contributed by atoms with E-state index in [9.17, 15) is 0 Å². The summed E-state index contributed by atoms with van der Waals surface area (Å²) in [6.45, 7) is 3.85. The summed E-state index contributed by atoms with van der Waals surface area (Å²) in [5.74, 6) is 0.602. The number of nitrogens with zero attached hydrogens (tertiary/aromatic N) is 2. The Labute approximate surface area is 72.3 Å². The van der Waals surface area contributed by atoms with Crippen LogP contribution in [0, 0.1) is 0 Å². The van der Waals surface area contributed by atoms with E-state index >= 15 is 0 Å². The summed E-state index contributed by atoms with van der Waals surface area (Å²) in [7, 11) is 3.44. The van der Waals surface area contributed by atoms with Gasteiger partial charge in [-0.2, -0.15) is 0 Å². The topological polar surface area (TPSA) is 53.1 Å². The van der Waals surface area contributed by atoms with E-state index in [0.717, 1.165) is 5.56 Å². The molecule has 4 nitrogen and oxygen atoms in total. The van der Waals surface area contributed by atoms with E-state index in [4.69, 9.17) is 10.5 Å². The van der Waals surface area contributed by atoms with Gasteiger partial charge in [-0.3, -0.25) is 4.68 Å². The van der Waals surface area contributed by atoms with Gasteiger partial charge in [0.25, 0.3) is 0 Å². The zero-order chi connectivity index (χ0) is 9.35. The molecule has 0 saturated carbocycles. The van der Waals surface area contributed by atoms with Crippen molar-refractivity contribution in [3.05, 3.63) is 11.8 Å². The third kappa shape index (κ3) is 1.58. The van der Waals surface area contributed by atoms with Crippen LogP contribution in [0.3, 0.4) is 0 Å². The number of hydrogen-bond donors (Lipinski definition) is 1. The predicted molar refractivity (Wildman–Crippen MR) is 47.0 cm³/mol. The maximum Gasteiger partial charge on any atom is 0.237 e. The molecule has 0 bridgehead atoms. The molecule has 0 atom stereocenters. The van der Waals surface area contributed by atoms with Gasteiger partial charge in [0.15, 0.2) is 0 Å². The van der Waals surface area contributed by atoms with E-state index in [1.54, 1.807) is 11.8 Å². The van der Waals surface area contributed by atoms with E-state index in [2.05, 4.69) is 5.10 Å². The first-order valence-electron chi connectivity index (χ1n) is 3.82. The van der Waals surface area contributed by atoms with Crippen molar-refractivity contribution in [3.8, 4) is 5.88 Å². The molecule has 1 aromatic heterocycles. The zero-order valence-electron chi connectivity index (χ0n) is 7.96. The molecule has 0 aliphatic rings. The van der Waals surface area contributed by atoms with Crippen LogP contribution in [0.25, 0.3) is 0 Å². The number of methoxy groups -OCH3 is 1. The average Bonchev–Trinajstić information content (AvgIpc) is 2.29. The summed E-state index contributed by atoms with van der Waals surface area (Å²) in [5, 5.41) is 4.11. The molecule has 0 radical (unpaired) electrons. The summed E-state index contributed by atoms with van der Waals surface area (Å²) in [5.41, 5.74) is 6.43. The van der Waals surface area contributed by atoms with Crippen LogP contribution in [0.15, 0.2) is 6.20 Å². The largest absolute Gasteiger partial charge is 0.480 e. The number of hydrogen-bond acceptors (Lipinski definition) is 3. The molecule has 1 heterocycles. The number of aryl methyl sites for hydroxylation is 1. The fourth-order valence-electron chi connectivity index (χ4n) is 1.06. The van der Waals surface area contributed by atoms with Crippen molar-refractivity contribution in [2.75, 3.05) is 7.11 Å². The molecule has 4 heteroatoms. The lowest BCUT2D eigenvalue weighted by atomic mass is 9.99.